The van der Waals surface area contributed by atoms with Crippen LogP contribution in [0, 0.1) is 0 Å². The zero-order valence-corrected chi connectivity index (χ0v) is 13.8. The Morgan fingerprint density at radius 3 is 2.26 bits per heavy atom. The molecule has 0 aliphatic rings. The second-order valence-electron chi connectivity index (χ2n) is 5.31. The number of nitrogens with one attached hydrogen (secondary N) is 1. The maximum absolute atomic E-state index is 12.5. The third kappa shape index (κ3) is 4.49. The van der Waals surface area contributed by atoms with Gasteiger partial charge in [-0.2, -0.15) is 0 Å². The predicted molar refractivity (Wildman–Crippen MR) is 90.7 cm³/mol. The van der Waals surface area contributed by atoms with Crippen molar-refractivity contribution in [2.45, 2.75) is 32.4 Å². The van der Waals surface area contributed by atoms with E-state index in [4.69, 9.17) is 9.47 Å². The van der Waals surface area contributed by atoms with E-state index in [-0.39, 0.29) is 11.9 Å². The highest BCUT2D eigenvalue weighted by atomic mass is 16.5. The van der Waals surface area contributed by atoms with E-state index >= 15 is 0 Å². The number of hydrogen-bond acceptors (Lipinski definition) is 3. The highest BCUT2D eigenvalue weighted by Crippen LogP contribution is 2.27. The first-order valence-electron chi connectivity index (χ1n) is 7.80. The van der Waals surface area contributed by atoms with Crippen LogP contribution in [0.25, 0.3) is 0 Å². The summed E-state index contributed by atoms with van der Waals surface area (Å²) >= 11 is 0. The van der Waals surface area contributed by atoms with E-state index in [1.165, 1.54) is 0 Å². The fourth-order valence-electron chi connectivity index (χ4n) is 2.32. The first kappa shape index (κ1) is 16.9. The van der Waals surface area contributed by atoms with Gasteiger partial charge in [0.25, 0.3) is 5.91 Å². The first-order valence-corrected chi connectivity index (χ1v) is 7.80. The quantitative estimate of drug-likeness (QED) is 0.847. The summed E-state index contributed by atoms with van der Waals surface area (Å²) in [6, 6.07) is 17.1. The minimum absolute atomic E-state index is 0.0704. The molecular formula is C19H23NO3. The van der Waals surface area contributed by atoms with Crippen LogP contribution in [0.1, 0.15) is 31.9 Å². The average molecular weight is 313 g/mol. The first-order chi connectivity index (χ1) is 11.2. The van der Waals surface area contributed by atoms with Crippen LogP contribution in [0.3, 0.4) is 0 Å². The second kappa shape index (κ2) is 8.22. The molecule has 0 fully saturated rings. The number of benzene rings is 2. The van der Waals surface area contributed by atoms with Crippen LogP contribution in [-0.2, 0) is 4.79 Å². The molecule has 4 heteroatoms. The van der Waals surface area contributed by atoms with Gasteiger partial charge >= 0.3 is 0 Å². The van der Waals surface area contributed by atoms with Gasteiger partial charge in [0.1, 0.15) is 0 Å². The minimum atomic E-state index is -0.558. The molecule has 23 heavy (non-hydrogen) atoms. The summed E-state index contributed by atoms with van der Waals surface area (Å²) in [5, 5.41) is 3.00. The number of methoxy groups -OCH3 is 1. The van der Waals surface area contributed by atoms with Crippen LogP contribution in [-0.4, -0.2) is 19.1 Å². The van der Waals surface area contributed by atoms with Gasteiger partial charge in [-0.1, -0.05) is 49.4 Å². The average Bonchev–Trinajstić information content (AvgIpc) is 2.60. The van der Waals surface area contributed by atoms with Gasteiger partial charge in [0.15, 0.2) is 17.6 Å². The van der Waals surface area contributed by atoms with Crippen molar-refractivity contribution in [3.05, 3.63) is 60.2 Å². The number of amides is 1. The van der Waals surface area contributed by atoms with E-state index < -0.39 is 6.10 Å². The molecule has 1 N–H and O–H groups in total. The van der Waals surface area contributed by atoms with Crippen molar-refractivity contribution in [3.63, 3.8) is 0 Å². The normalized spacial score (nSPS) is 13.0. The number of para-hydroxylation sites is 2. The summed E-state index contributed by atoms with van der Waals surface area (Å²) in [5.41, 5.74) is 1.06. The number of ether oxygens (including phenoxy) is 2. The molecule has 1 amide bonds. The highest BCUT2D eigenvalue weighted by Gasteiger charge is 2.21. The fraction of sp³-hybridized carbons (Fsp3) is 0.316. The van der Waals surface area contributed by atoms with Crippen molar-refractivity contribution in [2.24, 2.45) is 0 Å². The topological polar surface area (TPSA) is 47.6 Å². The van der Waals surface area contributed by atoms with E-state index in [2.05, 4.69) is 5.32 Å². The largest absolute Gasteiger partial charge is 0.493 e. The maximum atomic E-state index is 12.5. The summed E-state index contributed by atoms with van der Waals surface area (Å²) in [5.74, 6) is 1.06. The van der Waals surface area contributed by atoms with Crippen molar-refractivity contribution >= 4 is 5.91 Å². The molecular weight excluding hydrogens is 290 g/mol. The third-order valence-corrected chi connectivity index (χ3v) is 3.66. The van der Waals surface area contributed by atoms with E-state index in [0.717, 1.165) is 5.56 Å². The van der Waals surface area contributed by atoms with Gasteiger partial charge in [0.05, 0.1) is 13.2 Å². The van der Waals surface area contributed by atoms with E-state index in [1.807, 2.05) is 62.4 Å². The smallest absolute Gasteiger partial charge is 0.261 e. The van der Waals surface area contributed by atoms with E-state index in [0.29, 0.717) is 17.9 Å². The molecule has 0 spiro atoms. The molecule has 0 aliphatic heterocycles. The lowest BCUT2D eigenvalue weighted by Crippen LogP contribution is -2.39. The van der Waals surface area contributed by atoms with Gasteiger partial charge in [0, 0.05) is 0 Å². The molecule has 2 aromatic rings. The van der Waals surface area contributed by atoms with Crippen LogP contribution in [0.4, 0.5) is 0 Å². The molecule has 4 nitrogen and oxygen atoms in total. The number of hydrogen-bond donors (Lipinski definition) is 1. The minimum Gasteiger partial charge on any atom is -0.493 e. The molecule has 0 aromatic heterocycles. The summed E-state index contributed by atoms with van der Waals surface area (Å²) in [4.78, 5) is 12.5. The van der Waals surface area contributed by atoms with Gasteiger partial charge in [-0.05, 0) is 31.0 Å². The van der Waals surface area contributed by atoms with Crippen LogP contribution in [0.5, 0.6) is 11.5 Å². The predicted octanol–water partition coefficient (Wildman–Crippen LogP) is 3.73. The lowest BCUT2D eigenvalue weighted by Gasteiger charge is -2.21. The molecule has 0 saturated carbocycles. The summed E-state index contributed by atoms with van der Waals surface area (Å²) < 4.78 is 11.1. The lowest BCUT2D eigenvalue weighted by atomic mass is 10.1. The zero-order chi connectivity index (χ0) is 16.7. The molecule has 2 atom stereocenters. The molecule has 0 bridgehead atoms. The highest BCUT2D eigenvalue weighted by molar-refractivity contribution is 5.81. The van der Waals surface area contributed by atoms with Crippen molar-refractivity contribution in [1.82, 2.24) is 5.32 Å². The molecule has 0 aliphatic carbocycles. The molecule has 0 saturated heterocycles. The standard InChI is InChI=1S/C19H23NO3/c1-4-16(23-18-13-9-8-12-17(18)22-3)19(21)20-14(2)15-10-6-5-7-11-15/h5-14,16H,4H2,1-3H3,(H,20,21)/t14-,16+/m1/s1. The lowest BCUT2D eigenvalue weighted by molar-refractivity contribution is -0.128. The number of rotatable bonds is 7. The Labute approximate surface area is 137 Å². The van der Waals surface area contributed by atoms with Gasteiger partial charge in [0.2, 0.25) is 0 Å². The van der Waals surface area contributed by atoms with Crippen LogP contribution < -0.4 is 14.8 Å². The van der Waals surface area contributed by atoms with Crippen LogP contribution in [0.15, 0.2) is 54.6 Å². The number of carbonyl (C=O) groups is 1. The SMILES string of the molecule is CC[C@H](Oc1ccccc1OC)C(=O)N[C@H](C)c1ccccc1. The molecule has 122 valence electrons. The van der Waals surface area contributed by atoms with Crippen molar-refractivity contribution < 1.29 is 14.3 Å². The van der Waals surface area contributed by atoms with Crippen molar-refractivity contribution in [2.75, 3.05) is 7.11 Å². The Balaban J connectivity index is 2.04. The summed E-state index contributed by atoms with van der Waals surface area (Å²) in [6.45, 7) is 3.88. The Morgan fingerprint density at radius 1 is 1.04 bits per heavy atom. The van der Waals surface area contributed by atoms with E-state index in [1.54, 1.807) is 13.2 Å². The third-order valence-electron chi connectivity index (χ3n) is 3.66. The molecule has 0 heterocycles. The molecule has 2 aromatic carbocycles. The van der Waals surface area contributed by atoms with Crippen molar-refractivity contribution in [1.29, 1.82) is 0 Å². The number of carbonyl (C=O) groups excluding carboxylic acids is 1. The Kier molecular flexibility index (Phi) is 6.03. The summed E-state index contributed by atoms with van der Waals surface area (Å²) in [6.07, 6.45) is 0.0169. The Morgan fingerprint density at radius 2 is 1.65 bits per heavy atom. The Bertz CT molecular complexity index is 628. The monoisotopic (exact) mass is 313 g/mol. The van der Waals surface area contributed by atoms with Gasteiger partial charge in [-0.15, -0.1) is 0 Å². The zero-order valence-electron chi connectivity index (χ0n) is 13.8. The van der Waals surface area contributed by atoms with E-state index in [9.17, 15) is 4.79 Å². The molecule has 0 unspecified atom stereocenters. The van der Waals surface area contributed by atoms with Gasteiger partial charge in [-0.25, -0.2) is 0 Å². The fourth-order valence-corrected chi connectivity index (χ4v) is 2.32. The molecule has 0 radical (unpaired) electrons. The van der Waals surface area contributed by atoms with Crippen LogP contribution in [0.2, 0.25) is 0 Å². The Hall–Kier alpha value is -2.49. The maximum Gasteiger partial charge on any atom is 0.261 e. The summed E-state index contributed by atoms with van der Waals surface area (Å²) in [7, 11) is 1.58. The molecule has 2 rings (SSSR count). The van der Waals surface area contributed by atoms with Crippen LogP contribution >= 0.6 is 0 Å². The second-order valence-corrected chi connectivity index (χ2v) is 5.31. The van der Waals surface area contributed by atoms with Gasteiger partial charge < -0.3 is 14.8 Å². The van der Waals surface area contributed by atoms with Crippen molar-refractivity contribution in [3.8, 4) is 11.5 Å². The van der Waals surface area contributed by atoms with Gasteiger partial charge in [-0.3, -0.25) is 4.79 Å².